The molecular weight excluding hydrogens is 449 g/mol. The van der Waals surface area contributed by atoms with Gasteiger partial charge in [-0.25, -0.2) is 0 Å². The summed E-state index contributed by atoms with van der Waals surface area (Å²) < 4.78 is 42.4. The first-order chi connectivity index (χ1) is 17.0. The van der Waals surface area contributed by atoms with Gasteiger partial charge in [-0.05, 0) is 56.0 Å². The third kappa shape index (κ3) is 4.92. The highest BCUT2D eigenvalue weighted by Crippen LogP contribution is 2.37. The van der Waals surface area contributed by atoms with E-state index in [9.17, 15) is 13.2 Å². The van der Waals surface area contributed by atoms with Crippen LogP contribution in [0.3, 0.4) is 0 Å². The molecule has 0 bridgehead atoms. The van der Waals surface area contributed by atoms with Crippen molar-refractivity contribution in [2.45, 2.75) is 70.8 Å². The molecule has 0 amide bonds. The number of rotatable bonds is 8. The maximum atomic E-state index is 13.7. The molecule has 1 aliphatic carbocycles. The van der Waals surface area contributed by atoms with Crippen LogP contribution in [0.1, 0.15) is 62.0 Å². The molecule has 0 saturated carbocycles. The monoisotopic (exact) mass is 480 g/mol. The lowest BCUT2D eigenvalue weighted by Gasteiger charge is -2.35. The van der Waals surface area contributed by atoms with Crippen molar-refractivity contribution in [2.75, 3.05) is 6.54 Å². The van der Waals surface area contributed by atoms with Crippen molar-refractivity contribution in [3.8, 4) is 0 Å². The fourth-order valence-corrected chi connectivity index (χ4v) is 5.57. The summed E-state index contributed by atoms with van der Waals surface area (Å²) >= 11 is 0. The van der Waals surface area contributed by atoms with Crippen molar-refractivity contribution in [3.63, 3.8) is 0 Å². The first-order valence-corrected chi connectivity index (χ1v) is 12.6. The molecule has 4 nitrogen and oxygen atoms in total. The van der Waals surface area contributed by atoms with E-state index in [1.165, 1.54) is 10.1 Å². The summed E-state index contributed by atoms with van der Waals surface area (Å²) in [6.45, 7) is 2.51. The molecule has 1 aromatic carbocycles. The highest BCUT2D eigenvalue weighted by Gasteiger charge is 2.32. The van der Waals surface area contributed by atoms with Gasteiger partial charge in [0, 0.05) is 35.2 Å². The number of para-hydroxylation sites is 1. The maximum Gasteiger partial charge on any atom is 0.406 e. The van der Waals surface area contributed by atoms with Crippen LogP contribution in [0, 0.1) is 0 Å². The Morgan fingerprint density at radius 1 is 1.00 bits per heavy atom. The van der Waals surface area contributed by atoms with Crippen molar-refractivity contribution in [2.24, 2.45) is 0 Å². The third-order valence-corrected chi connectivity index (χ3v) is 7.10. The van der Waals surface area contributed by atoms with E-state index in [-0.39, 0.29) is 6.04 Å². The number of fused-ring (bicyclic) bond motifs is 4. The molecule has 5 rings (SSSR count). The first kappa shape index (κ1) is 23.8. The van der Waals surface area contributed by atoms with Gasteiger partial charge in [-0.1, -0.05) is 44.0 Å². The van der Waals surface area contributed by atoms with Crippen molar-refractivity contribution in [1.29, 1.82) is 0 Å². The predicted molar refractivity (Wildman–Crippen MR) is 133 cm³/mol. The number of benzene rings is 1. The van der Waals surface area contributed by atoms with E-state index >= 15 is 0 Å². The van der Waals surface area contributed by atoms with Gasteiger partial charge in [0.25, 0.3) is 0 Å². The zero-order valence-electron chi connectivity index (χ0n) is 20.1. The fraction of sp³-hybridized carbons (Fsp3) is 0.429. The van der Waals surface area contributed by atoms with Crippen LogP contribution in [-0.4, -0.2) is 32.2 Å². The minimum absolute atomic E-state index is 0.148. The van der Waals surface area contributed by atoms with Crippen molar-refractivity contribution in [1.82, 2.24) is 19.4 Å². The van der Waals surface area contributed by atoms with E-state index in [2.05, 4.69) is 22.9 Å². The Labute approximate surface area is 203 Å². The number of hydrogen-bond donors (Lipinski definition) is 0. The zero-order chi connectivity index (χ0) is 24.4. The van der Waals surface area contributed by atoms with Crippen LogP contribution in [0.5, 0.6) is 0 Å². The largest absolute Gasteiger partial charge is 0.406 e. The lowest BCUT2D eigenvalue weighted by atomic mass is 9.90. The lowest BCUT2D eigenvalue weighted by Crippen LogP contribution is -2.33. The van der Waals surface area contributed by atoms with Crippen LogP contribution in [0.25, 0.3) is 21.8 Å². The Hall–Kier alpha value is -2.93. The van der Waals surface area contributed by atoms with Crippen LogP contribution in [0.4, 0.5) is 13.2 Å². The smallest absolute Gasteiger partial charge is 0.330 e. The summed E-state index contributed by atoms with van der Waals surface area (Å²) in [6.07, 6.45) is 5.63. The van der Waals surface area contributed by atoms with Gasteiger partial charge >= 0.3 is 6.18 Å². The first-order valence-electron chi connectivity index (χ1n) is 12.6. The zero-order valence-corrected chi connectivity index (χ0v) is 20.1. The lowest BCUT2D eigenvalue weighted by molar-refractivity contribution is -0.139. The number of nitrogens with zero attached hydrogens (tertiary/aromatic N) is 4. The minimum Gasteiger partial charge on any atom is -0.330 e. The van der Waals surface area contributed by atoms with E-state index in [4.69, 9.17) is 4.98 Å². The number of aromatic nitrogens is 3. The Bertz CT molecular complexity index is 1310. The molecule has 35 heavy (non-hydrogen) atoms. The molecule has 7 heteroatoms. The van der Waals surface area contributed by atoms with E-state index in [1.807, 2.05) is 30.5 Å². The number of pyridine rings is 2. The van der Waals surface area contributed by atoms with Gasteiger partial charge in [0.15, 0.2) is 0 Å². The van der Waals surface area contributed by atoms with Gasteiger partial charge in [-0.15, -0.1) is 0 Å². The van der Waals surface area contributed by atoms with Crippen molar-refractivity contribution in [3.05, 3.63) is 71.8 Å². The van der Waals surface area contributed by atoms with Gasteiger partial charge in [0.1, 0.15) is 6.54 Å². The van der Waals surface area contributed by atoms with Gasteiger partial charge in [0.2, 0.25) is 0 Å². The number of alkyl halides is 3. The molecule has 0 N–H and O–H groups in total. The highest BCUT2D eigenvalue weighted by molar-refractivity contribution is 6.08. The predicted octanol–water partition coefficient (Wildman–Crippen LogP) is 7.22. The summed E-state index contributed by atoms with van der Waals surface area (Å²) in [6, 6.07) is 13.5. The average molecular weight is 481 g/mol. The second kappa shape index (κ2) is 9.97. The summed E-state index contributed by atoms with van der Waals surface area (Å²) in [4.78, 5) is 11.8. The number of unbranched alkanes of at least 4 members (excludes halogenated alkanes) is 2. The van der Waals surface area contributed by atoms with E-state index < -0.39 is 12.7 Å². The molecule has 3 heterocycles. The quantitative estimate of drug-likeness (QED) is 0.250. The van der Waals surface area contributed by atoms with E-state index in [1.54, 1.807) is 18.3 Å². The van der Waals surface area contributed by atoms with Gasteiger partial charge < -0.3 is 4.57 Å². The van der Waals surface area contributed by atoms with Gasteiger partial charge in [-0.2, -0.15) is 13.2 Å². The standard InChI is InChI=1S/C28H31F3N4/c1-2-3-6-17-34(25-13-7-9-20-10-8-15-33-26(20)25)18-23-27-22(14-16-32-23)21-11-4-5-12-24(21)35(27)19-28(29,30)31/h4-5,8,10-12,14-16,25H,2-3,6-7,9,13,17-19H2,1H3/t25-/m0/s1. The van der Waals surface area contributed by atoms with E-state index in [0.717, 1.165) is 61.5 Å². The Balaban J connectivity index is 1.60. The summed E-state index contributed by atoms with van der Waals surface area (Å²) in [7, 11) is 0. The van der Waals surface area contributed by atoms with Crippen LogP contribution in [0.15, 0.2) is 54.9 Å². The molecule has 0 aliphatic heterocycles. The summed E-state index contributed by atoms with van der Waals surface area (Å²) in [5, 5.41) is 1.66. The summed E-state index contributed by atoms with van der Waals surface area (Å²) in [5.41, 5.74) is 4.27. The molecule has 0 spiro atoms. The number of halogens is 3. The molecule has 1 atom stereocenters. The average Bonchev–Trinajstić information content (AvgIpc) is 3.16. The van der Waals surface area contributed by atoms with Crippen LogP contribution >= 0.6 is 0 Å². The molecule has 0 fully saturated rings. The molecule has 3 aromatic heterocycles. The maximum absolute atomic E-state index is 13.7. The second-order valence-electron chi connectivity index (χ2n) is 9.51. The molecule has 0 unspecified atom stereocenters. The Kier molecular flexibility index (Phi) is 6.78. The summed E-state index contributed by atoms with van der Waals surface area (Å²) in [5.74, 6) is 0. The molecule has 4 aromatic rings. The molecule has 1 aliphatic rings. The highest BCUT2D eigenvalue weighted by atomic mass is 19.4. The normalized spacial score (nSPS) is 16.3. The molecule has 0 radical (unpaired) electrons. The molecule has 0 saturated heterocycles. The van der Waals surface area contributed by atoms with Crippen molar-refractivity contribution < 1.29 is 13.2 Å². The van der Waals surface area contributed by atoms with Crippen molar-refractivity contribution >= 4 is 21.8 Å². The van der Waals surface area contributed by atoms with Gasteiger partial charge in [-0.3, -0.25) is 14.9 Å². The Morgan fingerprint density at radius 2 is 1.86 bits per heavy atom. The van der Waals surface area contributed by atoms with Crippen LogP contribution < -0.4 is 0 Å². The van der Waals surface area contributed by atoms with Gasteiger partial charge in [0.05, 0.1) is 22.9 Å². The molecular formula is C28H31F3N4. The second-order valence-corrected chi connectivity index (χ2v) is 9.51. The topological polar surface area (TPSA) is 34.0 Å². The van der Waals surface area contributed by atoms with E-state index in [0.29, 0.717) is 23.3 Å². The van der Waals surface area contributed by atoms with Crippen LogP contribution in [-0.2, 0) is 19.5 Å². The fourth-order valence-electron chi connectivity index (χ4n) is 5.57. The number of hydrogen-bond acceptors (Lipinski definition) is 3. The van der Waals surface area contributed by atoms with Crippen LogP contribution in [0.2, 0.25) is 0 Å². The Morgan fingerprint density at radius 3 is 2.69 bits per heavy atom. The number of aryl methyl sites for hydroxylation is 1. The minimum atomic E-state index is -4.32. The third-order valence-electron chi connectivity index (χ3n) is 7.10. The SMILES string of the molecule is CCCCCN(Cc1nccc2c3ccccc3n(CC(F)(F)F)c12)[C@H]1CCCc2cccnc21. The molecule has 184 valence electrons.